The van der Waals surface area contributed by atoms with Crippen LogP contribution < -0.4 is 16.0 Å². The van der Waals surface area contributed by atoms with Crippen LogP contribution in [0.1, 0.15) is 311 Å². The summed E-state index contributed by atoms with van der Waals surface area (Å²) in [6.07, 6.45) is 53.8. The molecular weight excluding hydrogens is 973 g/mol. The molecule has 0 rings (SSSR count). The number of nitrogens with one attached hydrogen (secondary N) is 3. The molecule has 78 heavy (non-hydrogen) atoms. The van der Waals surface area contributed by atoms with Crippen LogP contribution in [0.25, 0.3) is 0 Å². The fourth-order valence-electron chi connectivity index (χ4n) is 10.1. The van der Waals surface area contributed by atoms with Crippen LogP contribution in [-0.4, -0.2) is 146 Å². The SMILES string of the molecule is C.CCCCCCCCCCCCCCNC(=O)CCN(CCO)CCCCCC.CCCCCCCCCCCCCCNC(=O)CCN(CCO)CCN(CCO)CCC(=O)NCCCCCCCCCCCCCC. The van der Waals surface area contributed by atoms with E-state index in [1.165, 1.54) is 231 Å². The Morgan fingerprint density at radius 3 is 0.667 bits per heavy atom. The third-order valence-corrected chi connectivity index (χ3v) is 15.3. The number of carbonyl (C=O) groups is 3. The van der Waals surface area contributed by atoms with Crippen LogP contribution >= 0.6 is 0 Å². The molecule has 468 valence electrons. The highest BCUT2D eigenvalue weighted by Gasteiger charge is 2.13. The summed E-state index contributed by atoms with van der Waals surface area (Å²) in [6.45, 7) is 17.6. The summed E-state index contributed by atoms with van der Waals surface area (Å²) in [5, 5.41) is 37.5. The Morgan fingerprint density at radius 1 is 0.256 bits per heavy atom. The van der Waals surface area contributed by atoms with Gasteiger partial charge in [0.1, 0.15) is 0 Å². The first-order valence-corrected chi connectivity index (χ1v) is 33.6. The average Bonchev–Trinajstić information content (AvgIpc) is 3.43. The van der Waals surface area contributed by atoms with E-state index in [0.717, 1.165) is 58.4 Å². The van der Waals surface area contributed by atoms with Gasteiger partial charge in [0.25, 0.3) is 0 Å². The van der Waals surface area contributed by atoms with E-state index >= 15 is 0 Å². The summed E-state index contributed by atoms with van der Waals surface area (Å²) >= 11 is 0. The molecule has 12 heteroatoms. The zero-order valence-electron chi connectivity index (χ0n) is 51.9. The molecule has 0 aromatic carbocycles. The molecule has 3 amide bonds. The number of unbranched alkanes of at least 4 members (excludes halogenated alkanes) is 36. The van der Waals surface area contributed by atoms with Crippen LogP contribution in [0.2, 0.25) is 0 Å². The summed E-state index contributed by atoms with van der Waals surface area (Å²) in [5.74, 6) is 0.292. The molecule has 0 spiro atoms. The topological polar surface area (TPSA) is 158 Å². The quantitative estimate of drug-likeness (QED) is 0.0326. The standard InChI is InChI=1S/C40H82N4O4.C25H52N2O2.CH4/c1-3-5-7-9-11-13-15-17-19-21-23-25-29-41-39(47)27-31-43(35-37-45)33-34-44(36-38-46)32-28-40(48)42-30-26-24-22-20-18-16-14-12-10-8-6-4-2;1-3-5-7-9-10-11-12-13-14-15-16-17-20-26-25(29)19-22-27(23-24-28)21-18-8-6-4-2;/h45-46H,3-38H2,1-2H3,(H,41,47)(H,42,48);28H,3-24H2,1-2H3,(H,26,29);1H4. The monoisotopic (exact) mass is 1110 g/mol. The van der Waals surface area contributed by atoms with Crippen LogP contribution in [0.4, 0.5) is 0 Å². The Kier molecular flexibility index (Phi) is 71.6. The van der Waals surface area contributed by atoms with E-state index in [9.17, 15) is 29.7 Å². The van der Waals surface area contributed by atoms with Crippen LogP contribution in [0, 0.1) is 0 Å². The van der Waals surface area contributed by atoms with Crippen LogP contribution in [0.5, 0.6) is 0 Å². The summed E-state index contributed by atoms with van der Waals surface area (Å²) in [4.78, 5) is 43.3. The lowest BCUT2D eigenvalue weighted by molar-refractivity contribution is -0.122. The van der Waals surface area contributed by atoms with Gasteiger partial charge in [-0.3, -0.25) is 24.2 Å². The molecule has 0 radical (unpaired) electrons. The van der Waals surface area contributed by atoms with Crippen molar-refractivity contribution in [2.75, 3.05) is 98.4 Å². The molecule has 0 saturated heterocycles. The largest absolute Gasteiger partial charge is 0.395 e. The van der Waals surface area contributed by atoms with Crippen molar-refractivity contribution in [3.8, 4) is 0 Å². The normalized spacial score (nSPS) is 11.3. The van der Waals surface area contributed by atoms with E-state index in [-0.39, 0.29) is 45.0 Å². The minimum atomic E-state index is 0. The van der Waals surface area contributed by atoms with E-state index in [1.54, 1.807) is 0 Å². The maximum absolute atomic E-state index is 12.4. The molecule has 0 aliphatic rings. The Labute approximate surface area is 485 Å². The third kappa shape index (κ3) is 65.0. The van der Waals surface area contributed by atoms with E-state index in [4.69, 9.17) is 0 Å². The highest BCUT2D eigenvalue weighted by Crippen LogP contribution is 2.15. The van der Waals surface area contributed by atoms with Crippen molar-refractivity contribution in [2.24, 2.45) is 0 Å². The van der Waals surface area contributed by atoms with Gasteiger partial charge >= 0.3 is 0 Å². The number of nitrogens with zero attached hydrogens (tertiary/aromatic N) is 3. The van der Waals surface area contributed by atoms with Gasteiger partial charge in [0.2, 0.25) is 17.7 Å². The van der Waals surface area contributed by atoms with Gasteiger partial charge in [-0.05, 0) is 32.2 Å². The fraction of sp³-hybridized carbons (Fsp3) is 0.955. The van der Waals surface area contributed by atoms with Gasteiger partial charge in [0.05, 0.1) is 19.8 Å². The summed E-state index contributed by atoms with van der Waals surface area (Å²) < 4.78 is 0. The minimum absolute atomic E-state index is 0. The highest BCUT2D eigenvalue weighted by atomic mass is 16.3. The third-order valence-electron chi connectivity index (χ3n) is 15.3. The first kappa shape index (κ1) is 80.4. The molecule has 0 aromatic heterocycles. The number of hydrogen-bond acceptors (Lipinski definition) is 9. The molecule has 0 fully saturated rings. The van der Waals surface area contributed by atoms with Gasteiger partial charge in [-0.15, -0.1) is 0 Å². The van der Waals surface area contributed by atoms with Gasteiger partial charge in [-0.1, -0.05) is 266 Å². The highest BCUT2D eigenvalue weighted by molar-refractivity contribution is 5.76. The van der Waals surface area contributed by atoms with E-state index in [1.807, 2.05) is 0 Å². The molecule has 0 aliphatic heterocycles. The number of aliphatic hydroxyl groups excluding tert-OH is 3. The molecule has 12 nitrogen and oxygen atoms in total. The van der Waals surface area contributed by atoms with Gasteiger partial charge in [0.15, 0.2) is 0 Å². The van der Waals surface area contributed by atoms with E-state index < -0.39 is 0 Å². The van der Waals surface area contributed by atoms with Crippen molar-refractivity contribution in [3.63, 3.8) is 0 Å². The van der Waals surface area contributed by atoms with Gasteiger partial charge in [0, 0.05) is 91.3 Å². The summed E-state index contributed by atoms with van der Waals surface area (Å²) in [7, 11) is 0. The van der Waals surface area contributed by atoms with Crippen molar-refractivity contribution < 1.29 is 29.7 Å². The molecule has 0 bridgehead atoms. The number of aliphatic hydroxyl groups is 3. The van der Waals surface area contributed by atoms with Crippen LogP contribution in [-0.2, 0) is 14.4 Å². The van der Waals surface area contributed by atoms with Gasteiger partial charge < -0.3 is 36.2 Å². The van der Waals surface area contributed by atoms with Crippen LogP contribution in [0.15, 0.2) is 0 Å². The smallest absolute Gasteiger partial charge is 0.221 e. The predicted octanol–water partition coefficient (Wildman–Crippen LogP) is 14.7. The van der Waals surface area contributed by atoms with E-state index in [0.29, 0.717) is 65.1 Å². The zero-order valence-corrected chi connectivity index (χ0v) is 51.9. The Bertz CT molecular complexity index is 1130. The molecule has 0 heterocycles. The lowest BCUT2D eigenvalue weighted by Crippen LogP contribution is -2.40. The average molecular weight is 1110 g/mol. The number of carbonyl (C=O) groups excluding carboxylic acids is 3. The first-order valence-electron chi connectivity index (χ1n) is 33.6. The van der Waals surface area contributed by atoms with Crippen molar-refractivity contribution in [1.82, 2.24) is 30.7 Å². The fourth-order valence-corrected chi connectivity index (χ4v) is 10.1. The maximum Gasteiger partial charge on any atom is 0.221 e. The van der Waals surface area contributed by atoms with Gasteiger partial charge in [-0.25, -0.2) is 0 Å². The first-order chi connectivity index (χ1) is 37.8. The van der Waals surface area contributed by atoms with Crippen LogP contribution in [0.3, 0.4) is 0 Å². The number of rotatable bonds is 62. The Balaban J connectivity index is -0.00000160. The molecular formula is C66H138N6O6. The maximum atomic E-state index is 12.4. The zero-order chi connectivity index (χ0) is 56.6. The molecule has 0 saturated carbocycles. The second kappa shape index (κ2) is 69.4. The van der Waals surface area contributed by atoms with E-state index in [2.05, 4.69) is 58.3 Å². The van der Waals surface area contributed by atoms with Gasteiger partial charge in [-0.2, -0.15) is 0 Å². The lowest BCUT2D eigenvalue weighted by atomic mass is 10.1. The second-order valence-electron chi connectivity index (χ2n) is 22.7. The van der Waals surface area contributed by atoms with Crippen molar-refractivity contribution >= 4 is 17.7 Å². The predicted molar refractivity (Wildman–Crippen MR) is 338 cm³/mol. The Hall–Kier alpha value is -1.83. The number of hydrogen-bond donors (Lipinski definition) is 6. The molecule has 0 aromatic rings. The molecule has 0 unspecified atom stereocenters. The molecule has 0 atom stereocenters. The molecule has 0 aliphatic carbocycles. The van der Waals surface area contributed by atoms with Crippen molar-refractivity contribution in [3.05, 3.63) is 0 Å². The Morgan fingerprint density at radius 2 is 0.449 bits per heavy atom. The second-order valence-corrected chi connectivity index (χ2v) is 22.7. The lowest BCUT2D eigenvalue weighted by Gasteiger charge is -2.26. The summed E-state index contributed by atoms with van der Waals surface area (Å²) in [6, 6.07) is 0. The number of amides is 3. The van der Waals surface area contributed by atoms with Crippen molar-refractivity contribution in [1.29, 1.82) is 0 Å². The minimum Gasteiger partial charge on any atom is -0.395 e. The van der Waals surface area contributed by atoms with Crippen molar-refractivity contribution in [2.45, 2.75) is 311 Å². The molecule has 6 N–H and O–H groups in total. The summed E-state index contributed by atoms with van der Waals surface area (Å²) in [5.41, 5.74) is 0.